The highest BCUT2D eigenvalue weighted by molar-refractivity contribution is 5.44. The fraction of sp³-hybridized carbons (Fsp3) is 0.647. The molecular formula is C17H26N2O2. The van der Waals surface area contributed by atoms with E-state index in [2.05, 4.69) is 17.1 Å². The summed E-state index contributed by atoms with van der Waals surface area (Å²) in [4.78, 5) is 2.61. The molecule has 1 aromatic carbocycles. The van der Waals surface area contributed by atoms with E-state index in [1.807, 2.05) is 6.07 Å². The molecule has 2 heterocycles. The summed E-state index contributed by atoms with van der Waals surface area (Å²) in [5, 5.41) is 13.0. The Morgan fingerprint density at radius 2 is 2.29 bits per heavy atom. The molecule has 3 rings (SSSR count). The van der Waals surface area contributed by atoms with Gasteiger partial charge in [0.25, 0.3) is 0 Å². The molecule has 1 saturated heterocycles. The Hall–Kier alpha value is -1.26. The number of piperidine rings is 1. The Balaban J connectivity index is 1.43. The molecule has 2 aliphatic heterocycles. The van der Waals surface area contributed by atoms with Crippen LogP contribution in [0.15, 0.2) is 18.2 Å². The Kier molecular flexibility index (Phi) is 4.66. The van der Waals surface area contributed by atoms with Gasteiger partial charge in [-0.3, -0.25) is 0 Å². The SMILES string of the molecule is CC1CCCCN1CCCNC1COc2cc(O)ccc21. The lowest BCUT2D eigenvalue weighted by atomic mass is 10.0. The molecule has 1 fully saturated rings. The third-order valence-electron chi connectivity index (χ3n) is 4.73. The molecule has 2 aliphatic rings. The van der Waals surface area contributed by atoms with Crippen LogP contribution in [0.2, 0.25) is 0 Å². The lowest BCUT2D eigenvalue weighted by Gasteiger charge is -2.33. The standard InChI is InChI=1S/C17H26N2O2/c1-13-5-2-3-9-19(13)10-4-8-18-16-12-21-17-11-14(20)6-7-15(16)17/h6-7,11,13,16,18,20H,2-5,8-10,12H2,1H3. The first-order valence-corrected chi connectivity index (χ1v) is 8.17. The van der Waals surface area contributed by atoms with Gasteiger partial charge in [0.1, 0.15) is 18.1 Å². The maximum Gasteiger partial charge on any atom is 0.127 e. The van der Waals surface area contributed by atoms with Crippen molar-refractivity contribution in [2.45, 2.75) is 44.7 Å². The summed E-state index contributed by atoms with van der Waals surface area (Å²) < 4.78 is 5.62. The van der Waals surface area contributed by atoms with Gasteiger partial charge < -0.3 is 20.1 Å². The molecule has 0 aromatic heterocycles. The Bertz CT molecular complexity index is 478. The van der Waals surface area contributed by atoms with Crippen molar-refractivity contribution in [1.29, 1.82) is 0 Å². The normalized spacial score (nSPS) is 25.6. The summed E-state index contributed by atoms with van der Waals surface area (Å²) in [5.74, 6) is 1.09. The minimum Gasteiger partial charge on any atom is -0.508 e. The van der Waals surface area contributed by atoms with E-state index in [9.17, 15) is 5.11 Å². The predicted molar refractivity (Wildman–Crippen MR) is 83.8 cm³/mol. The van der Waals surface area contributed by atoms with Gasteiger partial charge in [-0.2, -0.15) is 0 Å². The second kappa shape index (κ2) is 6.67. The number of fused-ring (bicyclic) bond motifs is 1. The molecule has 2 unspecified atom stereocenters. The topological polar surface area (TPSA) is 44.7 Å². The molecule has 0 amide bonds. The van der Waals surface area contributed by atoms with Crippen molar-refractivity contribution in [2.75, 3.05) is 26.2 Å². The zero-order chi connectivity index (χ0) is 14.7. The first kappa shape index (κ1) is 14.7. The van der Waals surface area contributed by atoms with Crippen molar-refractivity contribution in [3.63, 3.8) is 0 Å². The van der Waals surface area contributed by atoms with E-state index in [0.29, 0.717) is 6.61 Å². The van der Waals surface area contributed by atoms with Crippen LogP contribution >= 0.6 is 0 Å². The van der Waals surface area contributed by atoms with Crippen LogP contribution in [-0.4, -0.2) is 42.3 Å². The fourth-order valence-corrected chi connectivity index (χ4v) is 3.42. The number of hydrogen-bond acceptors (Lipinski definition) is 4. The number of nitrogens with zero attached hydrogens (tertiary/aromatic N) is 1. The summed E-state index contributed by atoms with van der Waals surface area (Å²) in [6, 6.07) is 6.41. The first-order valence-electron chi connectivity index (χ1n) is 8.17. The molecule has 0 aliphatic carbocycles. The zero-order valence-corrected chi connectivity index (χ0v) is 12.8. The van der Waals surface area contributed by atoms with Crippen LogP contribution in [0.5, 0.6) is 11.5 Å². The summed E-state index contributed by atoms with van der Waals surface area (Å²) in [6.45, 7) is 6.47. The largest absolute Gasteiger partial charge is 0.508 e. The minimum atomic E-state index is 0.263. The van der Waals surface area contributed by atoms with E-state index >= 15 is 0 Å². The number of ether oxygens (including phenoxy) is 1. The monoisotopic (exact) mass is 290 g/mol. The molecule has 4 nitrogen and oxygen atoms in total. The third-order valence-corrected chi connectivity index (χ3v) is 4.73. The molecule has 2 atom stereocenters. The Morgan fingerprint density at radius 3 is 3.14 bits per heavy atom. The zero-order valence-electron chi connectivity index (χ0n) is 12.8. The van der Waals surface area contributed by atoms with Gasteiger partial charge in [-0.05, 0) is 58.0 Å². The Labute approximate surface area is 127 Å². The molecule has 0 saturated carbocycles. The average Bonchev–Trinajstić information content (AvgIpc) is 2.87. The van der Waals surface area contributed by atoms with Crippen LogP contribution in [0, 0.1) is 0 Å². The second-order valence-electron chi connectivity index (χ2n) is 6.27. The smallest absolute Gasteiger partial charge is 0.127 e. The van der Waals surface area contributed by atoms with E-state index in [4.69, 9.17) is 4.74 Å². The van der Waals surface area contributed by atoms with Gasteiger partial charge in [-0.25, -0.2) is 0 Å². The summed E-state index contributed by atoms with van der Waals surface area (Å²) in [6.07, 6.45) is 5.26. The minimum absolute atomic E-state index is 0.263. The van der Waals surface area contributed by atoms with Crippen molar-refractivity contribution in [3.05, 3.63) is 23.8 Å². The highest BCUT2D eigenvalue weighted by Gasteiger charge is 2.24. The van der Waals surface area contributed by atoms with Gasteiger partial charge in [-0.15, -0.1) is 0 Å². The molecule has 0 spiro atoms. The summed E-state index contributed by atoms with van der Waals surface area (Å²) in [7, 11) is 0. The number of hydrogen-bond donors (Lipinski definition) is 2. The van der Waals surface area contributed by atoms with E-state index in [0.717, 1.165) is 18.3 Å². The van der Waals surface area contributed by atoms with Crippen LogP contribution in [0.1, 0.15) is 44.2 Å². The number of phenolic OH excluding ortho intramolecular Hbond substituents is 1. The number of likely N-dealkylation sites (tertiary alicyclic amines) is 1. The molecule has 116 valence electrons. The van der Waals surface area contributed by atoms with Crippen molar-refractivity contribution in [1.82, 2.24) is 10.2 Å². The van der Waals surface area contributed by atoms with Gasteiger partial charge in [0, 0.05) is 17.7 Å². The van der Waals surface area contributed by atoms with Gasteiger partial charge in [0.05, 0.1) is 6.04 Å². The third kappa shape index (κ3) is 3.50. The molecule has 2 N–H and O–H groups in total. The maximum atomic E-state index is 9.46. The number of aromatic hydroxyl groups is 1. The van der Waals surface area contributed by atoms with E-state index in [-0.39, 0.29) is 11.8 Å². The lowest BCUT2D eigenvalue weighted by Crippen LogP contribution is -2.39. The van der Waals surface area contributed by atoms with Gasteiger partial charge in [0.2, 0.25) is 0 Å². The highest BCUT2D eigenvalue weighted by Crippen LogP contribution is 2.34. The molecule has 0 radical (unpaired) electrons. The summed E-state index contributed by atoms with van der Waals surface area (Å²) in [5.41, 5.74) is 1.17. The number of benzene rings is 1. The quantitative estimate of drug-likeness (QED) is 0.818. The van der Waals surface area contributed by atoms with Crippen molar-refractivity contribution in [3.8, 4) is 11.5 Å². The molecule has 21 heavy (non-hydrogen) atoms. The van der Waals surface area contributed by atoms with E-state index in [1.54, 1.807) is 12.1 Å². The van der Waals surface area contributed by atoms with Gasteiger partial charge >= 0.3 is 0 Å². The molecule has 4 heteroatoms. The maximum absolute atomic E-state index is 9.46. The van der Waals surface area contributed by atoms with Crippen molar-refractivity contribution < 1.29 is 9.84 Å². The summed E-state index contributed by atoms with van der Waals surface area (Å²) >= 11 is 0. The van der Waals surface area contributed by atoms with E-state index < -0.39 is 0 Å². The number of phenols is 1. The molecule has 1 aromatic rings. The number of rotatable bonds is 5. The first-order chi connectivity index (χ1) is 10.2. The van der Waals surface area contributed by atoms with Crippen LogP contribution in [-0.2, 0) is 0 Å². The fourth-order valence-electron chi connectivity index (χ4n) is 3.42. The van der Waals surface area contributed by atoms with Crippen LogP contribution in [0.3, 0.4) is 0 Å². The van der Waals surface area contributed by atoms with Crippen LogP contribution in [0.4, 0.5) is 0 Å². The van der Waals surface area contributed by atoms with Crippen LogP contribution in [0.25, 0.3) is 0 Å². The average molecular weight is 290 g/mol. The van der Waals surface area contributed by atoms with Crippen molar-refractivity contribution >= 4 is 0 Å². The predicted octanol–water partition coefficient (Wildman–Crippen LogP) is 2.68. The van der Waals surface area contributed by atoms with Crippen molar-refractivity contribution in [2.24, 2.45) is 0 Å². The van der Waals surface area contributed by atoms with E-state index in [1.165, 1.54) is 44.3 Å². The number of nitrogens with one attached hydrogen (secondary N) is 1. The highest BCUT2D eigenvalue weighted by atomic mass is 16.5. The van der Waals surface area contributed by atoms with Gasteiger partial charge in [0.15, 0.2) is 0 Å². The lowest BCUT2D eigenvalue weighted by molar-refractivity contribution is 0.158. The molecular weight excluding hydrogens is 264 g/mol. The second-order valence-corrected chi connectivity index (χ2v) is 6.27. The van der Waals surface area contributed by atoms with Gasteiger partial charge in [-0.1, -0.05) is 6.42 Å². The van der Waals surface area contributed by atoms with Crippen LogP contribution < -0.4 is 10.1 Å². The Morgan fingerprint density at radius 1 is 1.38 bits per heavy atom. The molecule has 0 bridgehead atoms.